The van der Waals surface area contributed by atoms with E-state index in [0.29, 0.717) is 13.1 Å². The zero-order valence-electron chi connectivity index (χ0n) is 9.77. The second-order valence-electron chi connectivity index (χ2n) is 3.35. The molecule has 0 radical (unpaired) electrons. The van der Waals surface area contributed by atoms with Gasteiger partial charge in [0.15, 0.2) is 0 Å². The number of nitrogens with one attached hydrogen (secondary N) is 1. The van der Waals surface area contributed by atoms with Crippen LogP contribution in [0.4, 0.5) is 0 Å². The Hall–Kier alpha value is -0.100. The van der Waals surface area contributed by atoms with E-state index in [-0.39, 0.29) is 0 Å². The van der Waals surface area contributed by atoms with E-state index in [9.17, 15) is 0 Å². The third-order valence-corrected chi connectivity index (χ3v) is 1.89. The van der Waals surface area contributed by atoms with Crippen molar-refractivity contribution >= 4 is 8.25 Å². The van der Waals surface area contributed by atoms with Crippen LogP contribution in [0.5, 0.6) is 0 Å². The molecule has 0 saturated heterocycles. The Labute approximate surface area is 98.4 Å². The van der Waals surface area contributed by atoms with E-state index in [1.165, 1.54) is 32.1 Å². The molecule has 0 aromatic heterocycles. The molecule has 1 saturated carbocycles. The summed E-state index contributed by atoms with van der Waals surface area (Å²) in [5.74, 6) is 0. The molecule has 0 amide bonds. The van der Waals surface area contributed by atoms with Crippen LogP contribution >= 0.6 is 8.25 Å². The molecule has 0 aliphatic heterocycles. The van der Waals surface area contributed by atoms with Crippen molar-refractivity contribution in [1.29, 1.82) is 0 Å². The fraction of sp³-hybridized carbons (Fsp3) is 1.00. The molecule has 0 spiro atoms. The number of hydrogen-bond acceptors (Lipinski definition) is 4. The summed E-state index contributed by atoms with van der Waals surface area (Å²) in [5, 5.41) is 3.03. The Morgan fingerprint density at radius 2 is 1.19 bits per heavy atom. The summed E-state index contributed by atoms with van der Waals surface area (Å²) in [6.45, 7) is 3.13. The zero-order valence-corrected chi connectivity index (χ0v) is 10.7. The summed E-state index contributed by atoms with van der Waals surface area (Å²) in [4.78, 5) is 14.2. The molecule has 0 bridgehead atoms. The van der Waals surface area contributed by atoms with Crippen LogP contribution < -0.4 is 16.8 Å². The van der Waals surface area contributed by atoms with E-state index < -0.39 is 8.25 Å². The van der Waals surface area contributed by atoms with Crippen molar-refractivity contribution in [2.45, 2.75) is 32.1 Å². The summed E-state index contributed by atoms with van der Waals surface area (Å²) in [6, 6.07) is 0. The van der Waals surface area contributed by atoms with Gasteiger partial charge in [0, 0.05) is 30.7 Å². The normalized spacial score (nSPS) is 13.2. The first-order valence-corrected chi connectivity index (χ1v) is 6.77. The van der Waals surface area contributed by atoms with Crippen molar-refractivity contribution in [2.75, 3.05) is 26.2 Å². The monoisotopic (exact) mass is 254 g/mol. The van der Waals surface area contributed by atoms with E-state index in [0.717, 1.165) is 13.1 Å². The average Bonchev–Trinajstić information content (AvgIpc) is 2.75. The SMILES string of the molecule is C1CCCC1.NCCNCCN.O=[P+](O)O. The van der Waals surface area contributed by atoms with E-state index >= 15 is 0 Å². The van der Waals surface area contributed by atoms with Crippen molar-refractivity contribution in [1.82, 2.24) is 5.32 Å². The van der Waals surface area contributed by atoms with Crippen LogP contribution in [0.25, 0.3) is 0 Å². The van der Waals surface area contributed by atoms with Crippen molar-refractivity contribution in [2.24, 2.45) is 11.5 Å². The van der Waals surface area contributed by atoms with Crippen LogP contribution in [0.2, 0.25) is 0 Å². The summed E-state index contributed by atoms with van der Waals surface area (Å²) in [6.07, 6.45) is 7.50. The first-order valence-electron chi connectivity index (χ1n) is 5.61. The molecule has 7 heteroatoms. The second-order valence-corrected chi connectivity index (χ2v) is 3.85. The van der Waals surface area contributed by atoms with Crippen LogP contribution in [-0.4, -0.2) is 36.0 Å². The zero-order chi connectivity index (χ0) is 12.6. The molecule has 1 fully saturated rings. The van der Waals surface area contributed by atoms with Gasteiger partial charge in [-0.1, -0.05) is 32.1 Å². The smallest absolute Gasteiger partial charge is 0.329 e. The van der Waals surface area contributed by atoms with Gasteiger partial charge >= 0.3 is 8.25 Å². The lowest BCUT2D eigenvalue weighted by atomic mass is 10.4. The average molecular weight is 254 g/mol. The third kappa shape index (κ3) is 29.2. The predicted octanol–water partition coefficient (Wildman–Crippen LogP) is 0.0723. The Balaban J connectivity index is 0. The van der Waals surface area contributed by atoms with Gasteiger partial charge in [-0.2, -0.15) is 0 Å². The summed E-state index contributed by atoms with van der Waals surface area (Å²) in [7, 11) is -2.87. The third-order valence-electron chi connectivity index (χ3n) is 1.89. The van der Waals surface area contributed by atoms with Gasteiger partial charge in [-0.15, -0.1) is 9.79 Å². The maximum atomic E-state index is 8.70. The Morgan fingerprint density at radius 3 is 1.38 bits per heavy atom. The Kier molecular flexibility index (Phi) is 19.8. The minimum absolute atomic E-state index is 0.694. The molecular weight excluding hydrogens is 229 g/mol. The summed E-state index contributed by atoms with van der Waals surface area (Å²) in [5.41, 5.74) is 10.3. The number of rotatable bonds is 4. The molecule has 98 valence electrons. The molecule has 0 aromatic carbocycles. The van der Waals surface area contributed by atoms with Crippen molar-refractivity contribution < 1.29 is 14.4 Å². The standard InChI is InChI=1S/C5H10.C4H13N3.HO3P/c1-2-4-5-3-1;5-1-3-7-4-2-6;1-4(2)3/h1-5H2;7H,1-6H2;(H-,1,2,3)/p+1. The second kappa shape index (κ2) is 17.3. The van der Waals surface area contributed by atoms with Crippen LogP contribution in [-0.2, 0) is 4.57 Å². The molecule has 1 aliphatic carbocycles. The lowest BCUT2D eigenvalue weighted by molar-refractivity contribution is 0.405. The number of nitrogens with two attached hydrogens (primary N) is 2. The molecule has 0 heterocycles. The van der Waals surface area contributed by atoms with E-state index in [1.54, 1.807) is 0 Å². The quantitative estimate of drug-likeness (QED) is 0.357. The van der Waals surface area contributed by atoms with Crippen LogP contribution in [0.15, 0.2) is 0 Å². The highest BCUT2D eigenvalue weighted by molar-refractivity contribution is 7.30. The van der Waals surface area contributed by atoms with Crippen molar-refractivity contribution in [3.05, 3.63) is 0 Å². The van der Waals surface area contributed by atoms with Gasteiger partial charge in [0.25, 0.3) is 0 Å². The highest BCUT2D eigenvalue weighted by Crippen LogP contribution is 2.15. The molecule has 0 aromatic rings. The largest absolute Gasteiger partial charge is 0.692 e. The first-order chi connectivity index (χ1) is 7.65. The lowest BCUT2D eigenvalue weighted by Crippen LogP contribution is -2.27. The van der Waals surface area contributed by atoms with E-state index in [4.69, 9.17) is 25.8 Å². The molecule has 0 atom stereocenters. The molecule has 6 nitrogen and oxygen atoms in total. The highest BCUT2D eigenvalue weighted by Gasteiger charge is 1.95. The minimum Gasteiger partial charge on any atom is -0.329 e. The molecule has 0 unspecified atom stereocenters. The van der Waals surface area contributed by atoms with E-state index in [2.05, 4.69) is 5.32 Å². The maximum Gasteiger partial charge on any atom is 0.692 e. The fourth-order valence-corrected chi connectivity index (χ4v) is 1.21. The molecule has 16 heavy (non-hydrogen) atoms. The minimum atomic E-state index is -2.87. The molecule has 1 rings (SSSR count). The van der Waals surface area contributed by atoms with Gasteiger partial charge < -0.3 is 16.8 Å². The predicted molar refractivity (Wildman–Crippen MR) is 66.1 cm³/mol. The van der Waals surface area contributed by atoms with Gasteiger partial charge in [-0.3, -0.25) is 0 Å². The van der Waals surface area contributed by atoms with Crippen LogP contribution in [0.1, 0.15) is 32.1 Å². The first kappa shape index (κ1) is 18.3. The molecule has 1 aliphatic rings. The Morgan fingerprint density at radius 1 is 0.938 bits per heavy atom. The van der Waals surface area contributed by atoms with Crippen LogP contribution in [0.3, 0.4) is 0 Å². The molecule has 7 N–H and O–H groups in total. The summed E-state index contributed by atoms with van der Waals surface area (Å²) >= 11 is 0. The van der Waals surface area contributed by atoms with Crippen LogP contribution in [0, 0.1) is 0 Å². The van der Waals surface area contributed by atoms with Gasteiger partial charge in [-0.05, 0) is 0 Å². The van der Waals surface area contributed by atoms with Crippen molar-refractivity contribution in [3.63, 3.8) is 0 Å². The van der Waals surface area contributed by atoms with Gasteiger partial charge in [0.1, 0.15) is 0 Å². The number of hydrogen-bond donors (Lipinski definition) is 5. The fourth-order valence-electron chi connectivity index (χ4n) is 1.21. The van der Waals surface area contributed by atoms with Crippen molar-refractivity contribution in [3.8, 4) is 0 Å². The van der Waals surface area contributed by atoms with Gasteiger partial charge in [0.2, 0.25) is 0 Å². The maximum absolute atomic E-state index is 8.70. The lowest BCUT2D eigenvalue weighted by Gasteiger charge is -1.95. The topological polar surface area (TPSA) is 122 Å². The van der Waals surface area contributed by atoms with E-state index in [1.807, 2.05) is 0 Å². The summed E-state index contributed by atoms with van der Waals surface area (Å²) < 4.78 is 8.70. The van der Waals surface area contributed by atoms with Gasteiger partial charge in [-0.25, -0.2) is 0 Å². The highest BCUT2D eigenvalue weighted by atomic mass is 31.1. The van der Waals surface area contributed by atoms with Gasteiger partial charge in [0.05, 0.1) is 0 Å². The Bertz CT molecular complexity index is 130. The molecular formula is C9H25N3O3P+.